The van der Waals surface area contributed by atoms with Gasteiger partial charge in [-0.25, -0.2) is 0 Å². The van der Waals surface area contributed by atoms with Crippen LogP contribution >= 0.6 is 0 Å². The Labute approximate surface area is 160 Å². The van der Waals surface area contributed by atoms with Crippen LogP contribution in [0.2, 0.25) is 0 Å². The van der Waals surface area contributed by atoms with Crippen molar-refractivity contribution < 1.29 is 9.90 Å². The summed E-state index contributed by atoms with van der Waals surface area (Å²) in [6, 6.07) is 9.59. The predicted molar refractivity (Wildman–Crippen MR) is 112 cm³/mol. The summed E-state index contributed by atoms with van der Waals surface area (Å²) in [5, 5.41) is 9.90. The smallest absolute Gasteiger partial charge is 0.162 e. The van der Waals surface area contributed by atoms with E-state index in [2.05, 4.69) is 19.1 Å². The fourth-order valence-corrected chi connectivity index (χ4v) is 3.14. The molecule has 1 aromatic rings. The number of hydrogen-bond donors (Lipinski definition) is 1. The molecule has 26 heavy (non-hydrogen) atoms. The first-order valence-corrected chi connectivity index (χ1v) is 10.6. The first kappa shape index (κ1) is 22.6. The third kappa shape index (κ3) is 12.0. The van der Waals surface area contributed by atoms with Gasteiger partial charge in [0, 0.05) is 12.0 Å². The van der Waals surface area contributed by atoms with E-state index in [4.69, 9.17) is 0 Å². The molecule has 0 amide bonds. The van der Waals surface area contributed by atoms with Crippen molar-refractivity contribution in [3.63, 3.8) is 0 Å². The molecule has 0 saturated carbocycles. The molecule has 0 bridgehead atoms. The number of carbonyl (C=O) groups excluding carboxylic acids is 1. The van der Waals surface area contributed by atoms with E-state index in [0.29, 0.717) is 6.42 Å². The molecule has 0 aromatic heterocycles. The van der Waals surface area contributed by atoms with Gasteiger partial charge in [0.2, 0.25) is 0 Å². The number of aliphatic hydroxyl groups excluding tert-OH is 1. The molecule has 0 fully saturated rings. The molecule has 0 radical (unpaired) electrons. The molecule has 0 aliphatic heterocycles. The zero-order valence-corrected chi connectivity index (χ0v) is 16.7. The highest BCUT2D eigenvalue weighted by atomic mass is 16.3. The summed E-state index contributed by atoms with van der Waals surface area (Å²) in [7, 11) is 0. The van der Waals surface area contributed by atoms with Crippen molar-refractivity contribution in [2.24, 2.45) is 0 Å². The molecule has 0 aliphatic rings. The highest BCUT2D eigenvalue weighted by Gasteiger charge is 2.04. The summed E-state index contributed by atoms with van der Waals surface area (Å²) >= 11 is 0. The maximum absolute atomic E-state index is 12.0. The number of aliphatic hydroxyl groups is 1. The molecule has 1 atom stereocenters. The third-order valence-corrected chi connectivity index (χ3v) is 4.84. The Bertz CT molecular complexity index is 478. The lowest BCUT2D eigenvalue weighted by atomic mass is 10.0. The van der Waals surface area contributed by atoms with Gasteiger partial charge in [0.05, 0.1) is 6.10 Å². The fourth-order valence-electron chi connectivity index (χ4n) is 3.14. The van der Waals surface area contributed by atoms with E-state index in [1.54, 1.807) is 0 Å². The summed E-state index contributed by atoms with van der Waals surface area (Å²) in [6.45, 7) is 2.21. The Hall–Kier alpha value is -1.41. The number of carbonyl (C=O) groups is 1. The van der Waals surface area contributed by atoms with Crippen molar-refractivity contribution in [2.45, 2.75) is 96.5 Å². The average molecular weight is 359 g/mol. The normalized spacial score (nSPS) is 12.5. The van der Waals surface area contributed by atoms with E-state index in [-0.39, 0.29) is 11.9 Å². The molecule has 1 rings (SSSR count). The number of rotatable bonds is 16. The van der Waals surface area contributed by atoms with Crippen LogP contribution < -0.4 is 0 Å². The molecular formula is C24H38O2. The Kier molecular flexibility index (Phi) is 13.8. The van der Waals surface area contributed by atoms with Crippen LogP contribution in [0.25, 0.3) is 0 Å². The molecule has 1 N–H and O–H groups in total. The summed E-state index contributed by atoms with van der Waals surface area (Å²) in [4.78, 5) is 12.0. The summed E-state index contributed by atoms with van der Waals surface area (Å²) in [5.74, 6) is 0.266. The Morgan fingerprint density at radius 3 is 2.38 bits per heavy atom. The van der Waals surface area contributed by atoms with Crippen LogP contribution in [0, 0.1) is 0 Å². The van der Waals surface area contributed by atoms with Crippen LogP contribution in [-0.4, -0.2) is 17.0 Å². The van der Waals surface area contributed by atoms with Crippen LogP contribution in [0.5, 0.6) is 0 Å². The van der Waals surface area contributed by atoms with Crippen LogP contribution in [-0.2, 0) is 0 Å². The van der Waals surface area contributed by atoms with E-state index in [9.17, 15) is 9.90 Å². The van der Waals surface area contributed by atoms with Crippen LogP contribution in [0.1, 0.15) is 101 Å². The van der Waals surface area contributed by atoms with E-state index < -0.39 is 0 Å². The van der Waals surface area contributed by atoms with Crippen molar-refractivity contribution in [2.75, 3.05) is 0 Å². The van der Waals surface area contributed by atoms with Crippen LogP contribution in [0.4, 0.5) is 0 Å². The van der Waals surface area contributed by atoms with Gasteiger partial charge in [-0.05, 0) is 32.1 Å². The standard InChI is InChI=1S/C24H38O2/c1-2-3-4-14-19-23(25)20-15-9-7-5-6-8-10-16-21-24(26)22-17-12-11-13-18-22/h9,11-13,15,17-18,23,25H,2-8,10,14,16,19-21H2,1H3/b15-9-/t23-/m1/s1. The van der Waals surface area contributed by atoms with Crippen molar-refractivity contribution in [1.82, 2.24) is 0 Å². The third-order valence-electron chi connectivity index (χ3n) is 4.84. The Morgan fingerprint density at radius 1 is 0.923 bits per heavy atom. The lowest BCUT2D eigenvalue weighted by Crippen LogP contribution is -2.04. The molecule has 0 spiro atoms. The lowest BCUT2D eigenvalue weighted by molar-refractivity contribution is 0.0979. The molecule has 0 unspecified atom stereocenters. The average Bonchev–Trinajstić information content (AvgIpc) is 2.67. The largest absolute Gasteiger partial charge is 0.393 e. The monoisotopic (exact) mass is 358 g/mol. The quantitative estimate of drug-likeness (QED) is 0.199. The molecular weight excluding hydrogens is 320 g/mol. The minimum atomic E-state index is -0.162. The summed E-state index contributed by atoms with van der Waals surface area (Å²) in [6.07, 6.45) is 18.4. The maximum Gasteiger partial charge on any atom is 0.162 e. The van der Waals surface area contributed by atoms with Gasteiger partial charge in [-0.15, -0.1) is 0 Å². The molecule has 1 aromatic carbocycles. The van der Waals surface area contributed by atoms with Crippen LogP contribution in [0.15, 0.2) is 42.5 Å². The van der Waals surface area contributed by atoms with E-state index in [1.807, 2.05) is 30.3 Å². The highest BCUT2D eigenvalue weighted by molar-refractivity contribution is 5.95. The van der Waals surface area contributed by atoms with E-state index in [1.165, 1.54) is 38.5 Å². The van der Waals surface area contributed by atoms with Gasteiger partial charge >= 0.3 is 0 Å². The van der Waals surface area contributed by atoms with Gasteiger partial charge in [0.1, 0.15) is 0 Å². The second-order valence-electron chi connectivity index (χ2n) is 7.31. The molecule has 146 valence electrons. The molecule has 0 heterocycles. The number of allylic oxidation sites excluding steroid dienone is 1. The van der Waals surface area contributed by atoms with Gasteiger partial charge in [-0.3, -0.25) is 4.79 Å². The minimum absolute atomic E-state index is 0.162. The number of Topliss-reactive ketones (excluding diaryl/α,β-unsaturated/α-hetero) is 1. The number of benzene rings is 1. The molecule has 2 heteroatoms. The topological polar surface area (TPSA) is 37.3 Å². The number of unbranched alkanes of at least 4 members (excludes halogenated alkanes) is 8. The van der Waals surface area contributed by atoms with Crippen LogP contribution in [0.3, 0.4) is 0 Å². The van der Waals surface area contributed by atoms with Gasteiger partial charge in [0.25, 0.3) is 0 Å². The van der Waals surface area contributed by atoms with Gasteiger partial charge in [-0.2, -0.15) is 0 Å². The molecule has 2 nitrogen and oxygen atoms in total. The van der Waals surface area contributed by atoms with E-state index >= 15 is 0 Å². The number of ketones is 1. The van der Waals surface area contributed by atoms with Crippen molar-refractivity contribution in [1.29, 1.82) is 0 Å². The van der Waals surface area contributed by atoms with Crippen molar-refractivity contribution >= 4 is 5.78 Å². The zero-order chi connectivity index (χ0) is 18.9. The van der Waals surface area contributed by atoms with Crippen molar-refractivity contribution in [3.05, 3.63) is 48.0 Å². The Balaban J connectivity index is 1.90. The maximum atomic E-state index is 12.0. The van der Waals surface area contributed by atoms with Gasteiger partial charge in [0.15, 0.2) is 5.78 Å². The zero-order valence-electron chi connectivity index (χ0n) is 16.7. The van der Waals surface area contributed by atoms with E-state index in [0.717, 1.165) is 44.1 Å². The minimum Gasteiger partial charge on any atom is -0.393 e. The molecule has 0 aliphatic carbocycles. The second-order valence-corrected chi connectivity index (χ2v) is 7.31. The first-order chi connectivity index (χ1) is 12.7. The van der Waals surface area contributed by atoms with Crippen molar-refractivity contribution in [3.8, 4) is 0 Å². The first-order valence-electron chi connectivity index (χ1n) is 10.6. The predicted octanol–water partition coefficient (Wildman–Crippen LogP) is 6.88. The number of hydrogen-bond acceptors (Lipinski definition) is 2. The fraction of sp³-hybridized carbons (Fsp3) is 0.625. The lowest BCUT2D eigenvalue weighted by Gasteiger charge is -2.07. The summed E-state index contributed by atoms with van der Waals surface area (Å²) in [5.41, 5.74) is 0.838. The Morgan fingerprint density at radius 2 is 1.62 bits per heavy atom. The van der Waals surface area contributed by atoms with Gasteiger partial charge < -0.3 is 5.11 Å². The van der Waals surface area contributed by atoms with Gasteiger partial charge in [-0.1, -0.05) is 94.4 Å². The highest BCUT2D eigenvalue weighted by Crippen LogP contribution is 2.12. The molecule has 0 saturated heterocycles. The second kappa shape index (κ2) is 15.8. The SMILES string of the molecule is CCCCCC[C@@H](O)C/C=C\CCCCCCCC(=O)c1ccccc1. The summed E-state index contributed by atoms with van der Waals surface area (Å²) < 4.78 is 0.